The number of hydrogen-bond donors (Lipinski definition) is 1. The van der Waals surface area contributed by atoms with Crippen LogP contribution in [0.15, 0.2) is 23.1 Å². The zero-order valence-corrected chi connectivity index (χ0v) is 12.9. The third-order valence-corrected chi connectivity index (χ3v) is 5.41. The molecule has 9 heteroatoms. The van der Waals surface area contributed by atoms with Gasteiger partial charge in [0.2, 0.25) is 10.0 Å². The molecule has 2 aromatic rings. The zero-order valence-electron chi connectivity index (χ0n) is 10.5. The average molecular weight is 323 g/mol. The molecule has 2 N–H and O–H groups in total. The van der Waals surface area contributed by atoms with Gasteiger partial charge in [-0.25, -0.2) is 8.42 Å². The quantitative estimate of drug-likeness (QED) is 0.909. The molecule has 0 aliphatic carbocycles. The summed E-state index contributed by atoms with van der Waals surface area (Å²) in [6.07, 6.45) is 0. The minimum Gasteiger partial charge on any atom is -0.329 e. The lowest BCUT2D eigenvalue weighted by Gasteiger charge is -2.22. The van der Waals surface area contributed by atoms with Crippen molar-refractivity contribution in [3.05, 3.63) is 18.2 Å². The number of fused-ring (bicyclic) bond motifs is 1. The second-order valence-electron chi connectivity index (χ2n) is 3.99. The summed E-state index contributed by atoms with van der Waals surface area (Å²) in [7, 11) is -2.07. The van der Waals surface area contributed by atoms with Crippen molar-refractivity contribution in [1.82, 2.24) is 13.1 Å². The van der Waals surface area contributed by atoms with E-state index < -0.39 is 10.0 Å². The summed E-state index contributed by atoms with van der Waals surface area (Å²) in [5.74, 6) is 0. The van der Waals surface area contributed by atoms with E-state index in [1.807, 2.05) is 0 Å². The van der Waals surface area contributed by atoms with Crippen LogP contribution < -0.4 is 5.73 Å². The van der Waals surface area contributed by atoms with E-state index in [1.54, 1.807) is 25.1 Å². The van der Waals surface area contributed by atoms with Crippen molar-refractivity contribution >= 4 is 45.2 Å². The van der Waals surface area contributed by atoms with Gasteiger partial charge in [-0.1, -0.05) is 6.07 Å². The van der Waals surface area contributed by atoms with Crippen LogP contribution in [0.4, 0.5) is 0 Å². The molecule has 19 heavy (non-hydrogen) atoms. The molecular weight excluding hydrogens is 308 g/mol. The Hall–Kier alpha value is -0.800. The molecule has 0 fully saturated rings. The molecule has 1 heterocycles. The van der Waals surface area contributed by atoms with Crippen molar-refractivity contribution in [2.24, 2.45) is 5.73 Å². The van der Waals surface area contributed by atoms with Crippen LogP contribution >= 0.6 is 24.1 Å². The smallest absolute Gasteiger partial charge is 0.245 e. The van der Waals surface area contributed by atoms with Gasteiger partial charge in [-0.05, 0) is 19.1 Å². The molecule has 0 saturated heterocycles. The van der Waals surface area contributed by atoms with E-state index in [1.165, 1.54) is 11.4 Å². The van der Waals surface area contributed by atoms with Crippen molar-refractivity contribution in [1.29, 1.82) is 0 Å². The highest BCUT2D eigenvalue weighted by Crippen LogP contribution is 2.24. The minimum absolute atomic E-state index is 0. The van der Waals surface area contributed by atoms with Crippen LogP contribution in [-0.4, -0.2) is 41.1 Å². The molecular formula is C10H15ClN4O2S2. The SMILES string of the molecule is CC(CN)N(C)S(=O)(=O)c1cccc2nsnc12.Cl. The van der Waals surface area contributed by atoms with Crippen LogP contribution in [0.3, 0.4) is 0 Å². The molecule has 1 aromatic carbocycles. The molecule has 1 atom stereocenters. The number of hydrogen-bond acceptors (Lipinski definition) is 6. The fourth-order valence-corrected chi connectivity index (χ4v) is 3.65. The summed E-state index contributed by atoms with van der Waals surface area (Å²) < 4.78 is 34.3. The Labute approximate surface area is 122 Å². The predicted octanol–water partition coefficient (Wildman–Crippen LogP) is 1.08. The van der Waals surface area contributed by atoms with Crippen LogP contribution in [-0.2, 0) is 10.0 Å². The van der Waals surface area contributed by atoms with Crippen LogP contribution in [0.5, 0.6) is 0 Å². The maximum Gasteiger partial charge on any atom is 0.245 e. The van der Waals surface area contributed by atoms with E-state index >= 15 is 0 Å². The first-order valence-corrected chi connectivity index (χ1v) is 7.55. The standard InChI is InChI=1S/C10H14N4O2S2.ClH/c1-7(6-11)14(2)18(15,16)9-5-3-4-8-10(9)13-17-12-8;/h3-5,7H,6,11H2,1-2H3;1H. The van der Waals surface area contributed by atoms with Crippen LogP contribution in [0.1, 0.15) is 6.92 Å². The van der Waals surface area contributed by atoms with Gasteiger partial charge >= 0.3 is 0 Å². The van der Waals surface area contributed by atoms with Crippen molar-refractivity contribution < 1.29 is 8.42 Å². The number of likely N-dealkylation sites (N-methyl/N-ethyl adjacent to an activating group) is 1. The number of halogens is 1. The third-order valence-electron chi connectivity index (χ3n) is 2.87. The molecule has 1 aromatic heterocycles. The van der Waals surface area contributed by atoms with Gasteiger partial charge in [-0.2, -0.15) is 13.1 Å². The highest BCUT2D eigenvalue weighted by Gasteiger charge is 2.27. The van der Waals surface area contributed by atoms with Gasteiger partial charge in [0.25, 0.3) is 0 Å². The predicted molar refractivity (Wildman–Crippen MR) is 78.1 cm³/mol. The molecule has 1 unspecified atom stereocenters. The molecule has 0 aliphatic heterocycles. The second kappa shape index (κ2) is 6.10. The van der Waals surface area contributed by atoms with Gasteiger partial charge in [-0.15, -0.1) is 12.4 Å². The lowest BCUT2D eigenvalue weighted by molar-refractivity contribution is 0.395. The van der Waals surface area contributed by atoms with Gasteiger partial charge in [0.15, 0.2) is 0 Å². The molecule has 6 nitrogen and oxygen atoms in total. The topological polar surface area (TPSA) is 89.2 Å². The van der Waals surface area contributed by atoms with Crippen molar-refractivity contribution in [3.63, 3.8) is 0 Å². The van der Waals surface area contributed by atoms with Crippen molar-refractivity contribution in [3.8, 4) is 0 Å². The van der Waals surface area contributed by atoms with E-state index in [9.17, 15) is 8.42 Å². The van der Waals surface area contributed by atoms with Crippen LogP contribution in [0.25, 0.3) is 11.0 Å². The molecule has 2 rings (SSSR count). The number of aromatic nitrogens is 2. The summed E-state index contributed by atoms with van der Waals surface area (Å²) in [4.78, 5) is 0.177. The Morgan fingerprint density at radius 3 is 2.74 bits per heavy atom. The lowest BCUT2D eigenvalue weighted by atomic mass is 10.3. The van der Waals surface area contributed by atoms with E-state index in [0.717, 1.165) is 11.7 Å². The van der Waals surface area contributed by atoms with Gasteiger partial charge < -0.3 is 5.73 Å². The number of nitrogens with two attached hydrogens (primary N) is 1. The number of sulfonamides is 1. The van der Waals surface area contributed by atoms with Crippen LogP contribution in [0, 0.1) is 0 Å². The minimum atomic E-state index is -3.59. The highest BCUT2D eigenvalue weighted by molar-refractivity contribution is 7.89. The summed E-state index contributed by atoms with van der Waals surface area (Å²) in [5.41, 5.74) is 6.52. The maximum absolute atomic E-state index is 12.5. The first kappa shape index (κ1) is 16.3. The fourth-order valence-electron chi connectivity index (χ4n) is 1.53. The van der Waals surface area contributed by atoms with Crippen LogP contribution in [0.2, 0.25) is 0 Å². The fraction of sp³-hybridized carbons (Fsp3) is 0.400. The normalized spacial score (nSPS) is 13.5. The molecule has 0 radical (unpaired) electrons. The zero-order chi connectivity index (χ0) is 13.3. The number of rotatable bonds is 4. The summed E-state index contributed by atoms with van der Waals surface area (Å²) >= 11 is 1.00. The molecule has 0 bridgehead atoms. The number of nitrogens with zero attached hydrogens (tertiary/aromatic N) is 3. The average Bonchev–Trinajstić information content (AvgIpc) is 2.84. The molecule has 0 aliphatic rings. The van der Waals surface area contributed by atoms with Crippen molar-refractivity contribution in [2.75, 3.05) is 13.6 Å². The highest BCUT2D eigenvalue weighted by atomic mass is 35.5. The van der Waals surface area contributed by atoms with Gasteiger partial charge in [-0.3, -0.25) is 0 Å². The third kappa shape index (κ3) is 2.87. The van der Waals surface area contributed by atoms with E-state index in [-0.39, 0.29) is 29.9 Å². The molecule has 106 valence electrons. The summed E-state index contributed by atoms with van der Waals surface area (Å²) in [6.45, 7) is 2.03. The van der Waals surface area contributed by atoms with Gasteiger partial charge in [0.1, 0.15) is 15.9 Å². The second-order valence-corrected chi connectivity index (χ2v) is 6.49. The lowest BCUT2D eigenvalue weighted by Crippen LogP contribution is -2.39. The Balaban J connectivity index is 0.00000180. The van der Waals surface area contributed by atoms with E-state index in [0.29, 0.717) is 11.0 Å². The Bertz CT molecular complexity index is 658. The molecule has 0 spiro atoms. The first-order valence-electron chi connectivity index (χ1n) is 5.38. The van der Waals surface area contributed by atoms with E-state index in [2.05, 4.69) is 8.75 Å². The molecule has 0 amide bonds. The van der Waals surface area contributed by atoms with Gasteiger partial charge in [0, 0.05) is 19.6 Å². The van der Waals surface area contributed by atoms with Crippen molar-refractivity contribution in [2.45, 2.75) is 17.9 Å². The molecule has 0 saturated carbocycles. The van der Waals surface area contributed by atoms with Gasteiger partial charge in [0.05, 0.1) is 11.7 Å². The Morgan fingerprint density at radius 1 is 1.42 bits per heavy atom. The summed E-state index contributed by atoms with van der Waals surface area (Å²) in [6, 6.07) is 4.68. The summed E-state index contributed by atoms with van der Waals surface area (Å²) in [5, 5.41) is 0. The first-order chi connectivity index (χ1) is 8.48. The number of benzene rings is 1. The largest absolute Gasteiger partial charge is 0.329 e. The Kier molecular flexibility index (Phi) is 5.22. The van der Waals surface area contributed by atoms with E-state index in [4.69, 9.17) is 5.73 Å². The maximum atomic E-state index is 12.5. The Morgan fingerprint density at radius 2 is 2.11 bits per heavy atom. The monoisotopic (exact) mass is 322 g/mol.